The molecule has 0 saturated carbocycles. The summed E-state index contributed by atoms with van der Waals surface area (Å²) in [5.41, 5.74) is 0. The first-order valence-electron chi connectivity index (χ1n) is 9.90. The Morgan fingerprint density at radius 2 is 1.89 bits per heavy atom. The van der Waals surface area contributed by atoms with Crippen LogP contribution in [0.2, 0.25) is 0 Å². The molecular weight excluding hydrogens is 455 g/mol. The summed E-state index contributed by atoms with van der Waals surface area (Å²) in [6, 6.07) is 4.35. The molecule has 0 radical (unpaired) electrons. The van der Waals surface area contributed by atoms with Gasteiger partial charge < -0.3 is 19.4 Å². The van der Waals surface area contributed by atoms with E-state index in [9.17, 15) is 0 Å². The fourth-order valence-corrected chi connectivity index (χ4v) is 4.29. The quantitative estimate of drug-likeness (QED) is 0.400. The second-order valence-corrected chi connectivity index (χ2v) is 7.89. The monoisotopic (exact) mass is 490 g/mol. The third-order valence-electron chi connectivity index (χ3n) is 5.41. The van der Waals surface area contributed by atoms with E-state index >= 15 is 0 Å². The van der Waals surface area contributed by atoms with E-state index in [1.165, 1.54) is 6.42 Å². The van der Waals surface area contributed by atoms with Gasteiger partial charge in [-0.2, -0.15) is 0 Å². The molecule has 0 spiro atoms. The van der Waals surface area contributed by atoms with E-state index in [0.29, 0.717) is 11.8 Å². The van der Waals surface area contributed by atoms with Crippen LogP contribution in [0.3, 0.4) is 0 Å². The molecule has 0 aromatic carbocycles. The van der Waals surface area contributed by atoms with Gasteiger partial charge in [0.15, 0.2) is 5.96 Å². The molecule has 1 aromatic heterocycles. The standard InChI is InChI=1S/C20H34N4O2.HI/c1-15-11-16(2)14-24(13-15)20(21-4)22-12-18(19-6-5-17(3)26-19)23-7-9-25-10-8-23;/h5-6,15-16,18H,7-14H2,1-4H3,(H,21,22);1H. The predicted octanol–water partition coefficient (Wildman–Crippen LogP) is 3.13. The largest absolute Gasteiger partial charge is 0.465 e. The van der Waals surface area contributed by atoms with E-state index in [-0.39, 0.29) is 30.0 Å². The highest BCUT2D eigenvalue weighted by atomic mass is 127. The minimum atomic E-state index is 0. The van der Waals surface area contributed by atoms with Crippen LogP contribution in [-0.4, -0.2) is 68.7 Å². The van der Waals surface area contributed by atoms with Gasteiger partial charge >= 0.3 is 0 Å². The Kier molecular flexibility index (Phi) is 8.88. The summed E-state index contributed by atoms with van der Waals surface area (Å²) in [6.45, 7) is 13.0. The summed E-state index contributed by atoms with van der Waals surface area (Å²) in [5.74, 6) is 4.40. The Morgan fingerprint density at radius 1 is 1.22 bits per heavy atom. The summed E-state index contributed by atoms with van der Waals surface area (Å²) in [7, 11) is 1.88. The molecule has 6 nitrogen and oxygen atoms in total. The molecule has 3 heterocycles. The van der Waals surface area contributed by atoms with Gasteiger partial charge in [0.25, 0.3) is 0 Å². The van der Waals surface area contributed by atoms with E-state index in [0.717, 1.165) is 63.4 Å². The van der Waals surface area contributed by atoms with Gasteiger partial charge in [-0.15, -0.1) is 24.0 Å². The van der Waals surface area contributed by atoms with Crippen molar-refractivity contribution in [3.8, 4) is 0 Å². The molecule has 2 saturated heterocycles. The highest BCUT2D eigenvalue weighted by Crippen LogP contribution is 2.24. The zero-order valence-corrected chi connectivity index (χ0v) is 19.4. The van der Waals surface area contributed by atoms with Gasteiger partial charge in [0, 0.05) is 39.8 Å². The molecule has 154 valence electrons. The van der Waals surface area contributed by atoms with Crippen LogP contribution in [0.5, 0.6) is 0 Å². The normalized spacial score (nSPS) is 25.8. The third kappa shape index (κ3) is 6.09. The Morgan fingerprint density at radius 3 is 2.44 bits per heavy atom. The van der Waals surface area contributed by atoms with Crippen molar-refractivity contribution in [2.24, 2.45) is 16.8 Å². The van der Waals surface area contributed by atoms with Crippen molar-refractivity contribution < 1.29 is 9.15 Å². The zero-order valence-electron chi connectivity index (χ0n) is 17.1. The molecule has 2 aliphatic rings. The van der Waals surface area contributed by atoms with Crippen LogP contribution in [0.4, 0.5) is 0 Å². The number of nitrogens with zero attached hydrogens (tertiary/aromatic N) is 3. The van der Waals surface area contributed by atoms with Crippen molar-refractivity contribution in [2.45, 2.75) is 33.2 Å². The molecule has 2 fully saturated rings. The van der Waals surface area contributed by atoms with Gasteiger partial charge in [-0.05, 0) is 37.3 Å². The number of furan rings is 1. The first-order chi connectivity index (χ1) is 12.6. The van der Waals surface area contributed by atoms with Gasteiger partial charge in [-0.3, -0.25) is 9.89 Å². The Bertz CT molecular complexity index is 591. The molecule has 7 heteroatoms. The molecule has 1 N–H and O–H groups in total. The zero-order chi connectivity index (χ0) is 18.5. The lowest BCUT2D eigenvalue weighted by Crippen LogP contribution is -2.51. The minimum Gasteiger partial charge on any atom is -0.465 e. The van der Waals surface area contributed by atoms with Crippen LogP contribution in [0, 0.1) is 18.8 Å². The smallest absolute Gasteiger partial charge is 0.193 e. The summed E-state index contributed by atoms with van der Waals surface area (Å²) in [4.78, 5) is 9.41. The number of rotatable bonds is 4. The number of nitrogens with one attached hydrogen (secondary N) is 1. The number of hydrogen-bond acceptors (Lipinski definition) is 4. The van der Waals surface area contributed by atoms with Gasteiger partial charge in [0.1, 0.15) is 11.5 Å². The molecule has 3 atom stereocenters. The highest BCUT2D eigenvalue weighted by Gasteiger charge is 2.28. The molecule has 0 bridgehead atoms. The van der Waals surface area contributed by atoms with Crippen molar-refractivity contribution in [1.82, 2.24) is 15.1 Å². The van der Waals surface area contributed by atoms with Crippen LogP contribution >= 0.6 is 24.0 Å². The van der Waals surface area contributed by atoms with Crippen molar-refractivity contribution in [1.29, 1.82) is 0 Å². The molecule has 0 amide bonds. The van der Waals surface area contributed by atoms with Gasteiger partial charge in [-0.1, -0.05) is 13.8 Å². The van der Waals surface area contributed by atoms with Crippen molar-refractivity contribution in [2.75, 3.05) is 53.0 Å². The lowest BCUT2D eigenvalue weighted by molar-refractivity contribution is 0.0123. The lowest BCUT2D eigenvalue weighted by atomic mass is 9.92. The Balaban J connectivity index is 0.00000261. The molecule has 3 unspecified atom stereocenters. The fraction of sp³-hybridized carbons (Fsp3) is 0.750. The fourth-order valence-electron chi connectivity index (χ4n) is 4.29. The summed E-state index contributed by atoms with van der Waals surface area (Å²) in [6.07, 6.45) is 1.30. The summed E-state index contributed by atoms with van der Waals surface area (Å²) >= 11 is 0. The topological polar surface area (TPSA) is 53.2 Å². The first kappa shape index (κ1) is 22.5. The van der Waals surface area contributed by atoms with Crippen LogP contribution in [-0.2, 0) is 4.74 Å². The van der Waals surface area contributed by atoms with Crippen LogP contribution in [0.25, 0.3) is 0 Å². The van der Waals surface area contributed by atoms with E-state index in [2.05, 4.69) is 40.0 Å². The first-order valence-corrected chi connectivity index (χ1v) is 9.90. The molecular formula is C20H35IN4O2. The number of halogens is 1. The molecule has 3 rings (SSSR count). The Labute approximate surface area is 180 Å². The predicted molar refractivity (Wildman–Crippen MR) is 120 cm³/mol. The molecule has 1 aromatic rings. The van der Waals surface area contributed by atoms with Crippen LogP contribution in [0.1, 0.15) is 37.8 Å². The summed E-state index contributed by atoms with van der Waals surface area (Å²) in [5, 5.41) is 3.62. The van der Waals surface area contributed by atoms with Crippen LogP contribution in [0.15, 0.2) is 21.5 Å². The molecule has 27 heavy (non-hydrogen) atoms. The maximum Gasteiger partial charge on any atom is 0.193 e. The second kappa shape index (κ2) is 10.7. The van der Waals surface area contributed by atoms with E-state index < -0.39 is 0 Å². The van der Waals surface area contributed by atoms with Crippen LogP contribution < -0.4 is 5.32 Å². The molecule has 0 aliphatic carbocycles. The maximum atomic E-state index is 5.97. The average Bonchev–Trinajstić information content (AvgIpc) is 3.05. The number of piperidine rings is 1. The summed E-state index contributed by atoms with van der Waals surface area (Å²) < 4.78 is 11.5. The van der Waals surface area contributed by atoms with Gasteiger partial charge in [0.05, 0.1) is 19.3 Å². The second-order valence-electron chi connectivity index (χ2n) is 7.89. The number of aliphatic imine (C=N–C) groups is 1. The number of aryl methyl sites for hydroxylation is 1. The van der Waals surface area contributed by atoms with Crippen molar-refractivity contribution in [3.63, 3.8) is 0 Å². The van der Waals surface area contributed by atoms with Crippen molar-refractivity contribution >= 4 is 29.9 Å². The minimum absolute atomic E-state index is 0. The lowest BCUT2D eigenvalue weighted by Gasteiger charge is -2.38. The third-order valence-corrected chi connectivity index (χ3v) is 5.41. The number of hydrogen-bond donors (Lipinski definition) is 1. The van der Waals surface area contributed by atoms with Gasteiger partial charge in [-0.25, -0.2) is 0 Å². The van der Waals surface area contributed by atoms with E-state index in [1.807, 2.05) is 20.0 Å². The maximum absolute atomic E-state index is 5.97. The highest BCUT2D eigenvalue weighted by molar-refractivity contribution is 14.0. The van der Waals surface area contributed by atoms with Crippen molar-refractivity contribution in [3.05, 3.63) is 23.7 Å². The number of morpholine rings is 1. The number of ether oxygens (including phenoxy) is 1. The Hall–Kier alpha value is -0.800. The van der Waals surface area contributed by atoms with E-state index in [1.54, 1.807) is 0 Å². The number of likely N-dealkylation sites (tertiary alicyclic amines) is 1. The average molecular weight is 490 g/mol. The van der Waals surface area contributed by atoms with Gasteiger partial charge in [0.2, 0.25) is 0 Å². The van der Waals surface area contributed by atoms with E-state index in [4.69, 9.17) is 9.15 Å². The SMILES string of the molecule is CN=C(NCC(c1ccc(C)o1)N1CCOCC1)N1CC(C)CC(C)C1.I. The molecule has 2 aliphatic heterocycles. The number of guanidine groups is 1.